The molecule has 0 saturated heterocycles. The number of carbonyl (C=O) groups excluding carboxylic acids is 4. The minimum atomic E-state index is -1.33. The summed E-state index contributed by atoms with van der Waals surface area (Å²) in [6, 6.07) is -5.07. The molecule has 15 heteroatoms. The van der Waals surface area contributed by atoms with Crippen LogP contribution in [0.4, 0.5) is 0 Å². The lowest BCUT2D eigenvalue weighted by Gasteiger charge is -2.24. The predicted octanol–water partition coefficient (Wildman–Crippen LogP) is -3.03. The van der Waals surface area contributed by atoms with Crippen LogP contribution in [0.3, 0.4) is 0 Å². The Kier molecular flexibility index (Phi) is 11.1. The number of carboxylic acid groups (broad SMARTS) is 2. The van der Waals surface area contributed by atoms with E-state index in [1.54, 1.807) is 0 Å². The minimum Gasteiger partial charge on any atom is -0.481 e. The second-order valence-corrected chi connectivity index (χ2v) is 7.52. The molecule has 1 aromatic heterocycles. The maximum Gasteiger partial charge on any atom is 0.325 e. The van der Waals surface area contributed by atoms with Crippen molar-refractivity contribution in [3.05, 3.63) is 18.2 Å². The van der Waals surface area contributed by atoms with E-state index in [1.165, 1.54) is 19.4 Å². The summed E-state index contributed by atoms with van der Waals surface area (Å²) in [5.74, 6) is -5.69. The van der Waals surface area contributed by atoms with E-state index >= 15 is 0 Å². The average Bonchev–Trinajstić information content (AvgIpc) is 3.26. The molecule has 0 saturated carbocycles. The van der Waals surface area contributed by atoms with Gasteiger partial charge in [0.1, 0.15) is 18.1 Å². The van der Waals surface area contributed by atoms with Gasteiger partial charge < -0.3 is 42.6 Å². The summed E-state index contributed by atoms with van der Waals surface area (Å²) in [6.07, 6.45) is 1.64. The Morgan fingerprint density at radius 2 is 1.59 bits per heavy atom. The number of nitrogens with two attached hydrogens (primary N) is 2. The summed E-state index contributed by atoms with van der Waals surface area (Å²) in [5.41, 5.74) is 11.3. The Hall–Kier alpha value is -4.01. The van der Waals surface area contributed by atoms with Gasteiger partial charge in [0, 0.05) is 31.2 Å². The van der Waals surface area contributed by atoms with Crippen LogP contribution < -0.4 is 27.4 Å². The summed E-state index contributed by atoms with van der Waals surface area (Å²) in [6.45, 7) is 1.22. The van der Waals surface area contributed by atoms with E-state index in [1.807, 2.05) is 0 Å². The number of amides is 4. The van der Waals surface area contributed by atoms with Gasteiger partial charge in [-0.3, -0.25) is 28.8 Å². The number of primary amides is 1. The van der Waals surface area contributed by atoms with E-state index < -0.39 is 59.7 Å². The maximum atomic E-state index is 13.0. The van der Waals surface area contributed by atoms with Crippen LogP contribution in [-0.4, -0.2) is 79.9 Å². The number of carbonyl (C=O) groups is 6. The van der Waals surface area contributed by atoms with Gasteiger partial charge in [0.2, 0.25) is 23.6 Å². The van der Waals surface area contributed by atoms with E-state index in [0.717, 1.165) is 0 Å². The van der Waals surface area contributed by atoms with Gasteiger partial charge in [0.05, 0.1) is 12.4 Å². The molecule has 4 atom stereocenters. The average molecular weight is 483 g/mol. The van der Waals surface area contributed by atoms with Crippen molar-refractivity contribution in [3.63, 3.8) is 0 Å². The summed E-state index contributed by atoms with van der Waals surface area (Å²) in [5, 5.41) is 24.7. The van der Waals surface area contributed by atoms with Crippen LogP contribution in [0.1, 0.15) is 38.3 Å². The molecule has 0 radical (unpaired) electrons. The second-order valence-electron chi connectivity index (χ2n) is 7.52. The molecular formula is C19H29N7O8. The monoisotopic (exact) mass is 483 g/mol. The molecule has 34 heavy (non-hydrogen) atoms. The molecule has 1 rings (SSSR count). The first kappa shape index (κ1) is 28.0. The highest BCUT2D eigenvalue weighted by Gasteiger charge is 2.30. The second kappa shape index (κ2) is 13.5. The molecule has 0 bridgehead atoms. The molecule has 4 unspecified atom stereocenters. The highest BCUT2D eigenvalue weighted by atomic mass is 16.4. The fourth-order valence-corrected chi connectivity index (χ4v) is 2.72. The molecular weight excluding hydrogens is 454 g/mol. The summed E-state index contributed by atoms with van der Waals surface area (Å²) < 4.78 is 0. The Labute approximate surface area is 194 Å². The number of aliphatic carboxylic acids is 2. The first-order chi connectivity index (χ1) is 15.9. The van der Waals surface area contributed by atoms with E-state index in [4.69, 9.17) is 21.7 Å². The summed E-state index contributed by atoms with van der Waals surface area (Å²) in [7, 11) is 0. The molecule has 188 valence electrons. The molecule has 0 spiro atoms. The van der Waals surface area contributed by atoms with Gasteiger partial charge in [0.25, 0.3) is 0 Å². The maximum absolute atomic E-state index is 13.0. The lowest BCUT2D eigenvalue weighted by atomic mass is 10.1. The van der Waals surface area contributed by atoms with E-state index in [0.29, 0.717) is 5.69 Å². The highest BCUT2D eigenvalue weighted by Crippen LogP contribution is 2.05. The Morgan fingerprint density at radius 3 is 2.12 bits per heavy atom. The van der Waals surface area contributed by atoms with Gasteiger partial charge in [-0.25, -0.2) is 4.98 Å². The SMILES string of the molecule is CC(NC(=O)C(CCC(N)=O)NC(=O)C(Cc1cnc[nH]1)NC(=O)C(N)CCC(=O)O)C(=O)O. The highest BCUT2D eigenvalue weighted by molar-refractivity contribution is 5.94. The van der Waals surface area contributed by atoms with Crippen molar-refractivity contribution in [2.45, 2.75) is 63.2 Å². The van der Waals surface area contributed by atoms with Gasteiger partial charge in [-0.1, -0.05) is 0 Å². The number of rotatable bonds is 15. The van der Waals surface area contributed by atoms with Crippen molar-refractivity contribution in [1.82, 2.24) is 25.9 Å². The molecule has 10 N–H and O–H groups in total. The third-order valence-electron chi connectivity index (χ3n) is 4.66. The van der Waals surface area contributed by atoms with Gasteiger partial charge in [-0.05, 0) is 19.8 Å². The van der Waals surface area contributed by atoms with Crippen LogP contribution in [0, 0.1) is 0 Å². The van der Waals surface area contributed by atoms with Crippen LogP contribution in [-0.2, 0) is 35.2 Å². The van der Waals surface area contributed by atoms with Crippen molar-refractivity contribution in [3.8, 4) is 0 Å². The number of nitrogens with one attached hydrogen (secondary N) is 4. The largest absolute Gasteiger partial charge is 0.481 e. The van der Waals surface area contributed by atoms with Crippen molar-refractivity contribution in [2.75, 3.05) is 0 Å². The van der Waals surface area contributed by atoms with Crippen molar-refractivity contribution >= 4 is 35.6 Å². The van der Waals surface area contributed by atoms with Crippen molar-refractivity contribution in [2.24, 2.45) is 11.5 Å². The molecule has 15 nitrogen and oxygen atoms in total. The van der Waals surface area contributed by atoms with Gasteiger partial charge in [0.15, 0.2) is 0 Å². The van der Waals surface area contributed by atoms with Gasteiger partial charge >= 0.3 is 11.9 Å². The van der Waals surface area contributed by atoms with Gasteiger partial charge in [-0.2, -0.15) is 0 Å². The van der Waals surface area contributed by atoms with Crippen LogP contribution in [0.25, 0.3) is 0 Å². The number of hydrogen-bond acceptors (Lipinski definition) is 8. The molecule has 1 heterocycles. The fraction of sp³-hybridized carbons (Fsp3) is 0.526. The molecule has 0 aliphatic rings. The van der Waals surface area contributed by atoms with Crippen LogP contribution in [0.15, 0.2) is 12.5 Å². The topological polar surface area (TPSA) is 260 Å². The number of aromatic amines is 1. The first-order valence-electron chi connectivity index (χ1n) is 10.3. The quantitative estimate of drug-likeness (QED) is 0.125. The summed E-state index contributed by atoms with van der Waals surface area (Å²) >= 11 is 0. The molecule has 0 aromatic carbocycles. The molecule has 4 amide bonds. The van der Waals surface area contributed by atoms with E-state index in [2.05, 4.69) is 25.9 Å². The Balaban J connectivity index is 3.00. The number of hydrogen-bond donors (Lipinski definition) is 8. The van der Waals surface area contributed by atoms with Crippen molar-refractivity contribution < 1.29 is 39.0 Å². The zero-order valence-corrected chi connectivity index (χ0v) is 18.4. The number of carboxylic acids is 2. The number of aromatic nitrogens is 2. The number of H-pyrrole nitrogens is 1. The standard InChI is InChI=1S/C19H29N7O8/c1-9(19(33)34)24-17(31)12(3-4-14(21)27)25-18(32)13(6-10-7-22-8-23-10)26-16(30)11(20)2-5-15(28)29/h7-9,11-13H,2-6,20H2,1H3,(H2,21,27)(H,22,23)(H,24,31)(H,25,32)(H,26,30)(H,28,29)(H,33,34). The molecule has 1 aromatic rings. The smallest absolute Gasteiger partial charge is 0.325 e. The molecule has 0 aliphatic carbocycles. The third-order valence-corrected chi connectivity index (χ3v) is 4.66. The molecule has 0 aliphatic heterocycles. The van der Waals surface area contributed by atoms with E-state index in [-0.39, 0.29) is 32.1 Å². The normalized spacial score (nSPS) is 14.2. The number of nitrogens with zero attached hydrogens (tertiary/aromatic N) is 1. The van der Waals surface area contributed by atoms with Crippen molar-refractivity contribution in [1.29, 1.82) is 0 Å². The zero-order valence-electron chi connectivity index (χ0n) is 18.4. The minimum absolute atomic E-state index is 0.0844. The fourth-order valence-electron chi connectivity index (χ4n) is 2.72. The predicted molar refractivity (Wildman–Crippen MR) is 115 cm³/mol. The Morgan fingerprint density at radius 1 is 0.971 bits per heavy atom. The third kappa shape index (κ3) is 10.1. The first-order valence-corrected chi connectivity index (χ1v) is 10.3. The van der Waals surface area contributed by atoms with E-state index in [9.17, 15) is 28.8 Å². The van der Waals surface area contributed by atoms with Gasteiger partial charge in [-0.15, -0.1) is 0 Å². The summed E-state index contributed by atoms with van der Waals surface area (Å²) in [4.78, 5) is 77.4. The van der Waals surface area contributed by atoms with Crippen LogP contribution in [0.2, 0.25) is 0 Å². The van der Waals surface area contributed by atoms with Crippen LogP contribution in [0.5, 0.6) is 0 Å². The zero-order chi connectivity index (χ0) is 25.8. The lowest BCUT2D eigenvalue weighted by molar-refractivity contribution is -0.142. The van der Waals surface area contributed by atoms with Crippen LogP contribution >= 0.6 is 0 Å². The Bertz CT molecular complexity index is 889. The molecule has 0 fully saturated rings. The number of imidazole rings is 1. The lowest BCUT2D eigenvalue weighted by Crippen LogP contribution is -2.57.